The topological polar surface area (TPSA) is 86.5 Å². The summed E-state index contributed by atoms with van der Waals surface area (Å²) >= 11 is 0. The van der Waals surface area contributed by atoms with Crippen LogP contribution in [0.5, 0.6) is 5.75 Å². The van der Waals surface area contributed by atoms with Crippen molar-refractivity contribution in [3.63, 3.8) is 0 Å². The van der Waals surface area contributed by atoms with Crippen molar-refractivity contribution >= 4 is 25.4 Å². The molecule has 6 nitrogen and oxygen atoms in total. The first-order valence-electron chi connectivity index (χ1n) is 4.28. The summed E-state index contributed by atoms with van der Waals surface area (Å²) in [4.78, 5) is 9.72. The molecule has 0 radical (unpaired) electrons. The van der Waals surface area contributed by atoms with Crippen LogP contribution >= 0.6 is 10.7 Å². The van der Waals surface area contributed by atoms with E-state index in [0.717, 1.165) is 12.1 Å². The molecule has 0 amide bonds. The molecule has 0 N–H and O–H groups in total. The normalized spacial score (nSPS) is 11.2. The van der Waals surface area contributed by atoms with Gasteiger partial charge in [-0.1, -0.05) is 0 Å². The van der Waals surface area contributed by atoms with Gasteiger partial charge in [-0.25, -0.2) is 12.8 Å². The Labute approximate surface area is 101 Å². The molecule has 0 saturated carbocycles. The predicted octanol–water partition coefficient (Wildman–Crippen LogP) is 1.68. The molecule has 0 aliphatic heterocycles. The Morgan fingerprint density at radius 1 is 1.47 bits per heavy atom. The van der Waals surface area contributed by atoms with Crippen LogP contribution in [0.15, 0.2) is 18.2 Å². The lowest BCUT2D eigenvalue weighted by Gasteiger charge is -2.05. The van der Waals surface area contributed by atoms with Crippen molar-refractivity contribution in [2.75, 3.05) is 12.4 Å². The molecule has 0 bridgehead atoms. The standard InChI is InChI=1S/C8H7ClFNO5S/c9-17(14,15)4-3-16-8-2-1-6(10)5-7(8)11(12)13/h1-2,5H,3-4H2. The van der Waals surface area contributed by atoms with E-state index in [1.807, 2.05) is 0 Å². The maximum absolute atomic E-state index is 12.7. The molecule has 0 aromatic heterocycles. The van der Waals surface area contributed by atoms with Crippen LogP contribution in [-0.4, -0.2) is 25.7 Å². The zero-order valence-corrected chi connectivity index (χ0v) is 9.87. The number of nitrogens with zero attached hydrogens (tertiary/aromatic N) is 1. The Morgan fingerprint density at radius 3 is 2.65 bits per heavy atom. The first-order chi connectivity index (χ1) is 7.79. The second-order valence-electron chi connectivity index (χ2n) is 2.96. The van der Waals surface area contributed by atoms with E-state index >= 15 is 0 Å². The first-order valence-corrected chi connectivity index (χ1v) is 6.76. The van der Waals surface area contributed by atoms with Gasteiger partial charge in [0.25, 0.3) is 0 Å². The summed E-state index contributed by atoms with van der Waals surface area (Å²) in [6, 6.07) is 2.70. The number of hydrogen-bond donors (Lipinski definition) is 0. The van der Waals surface area contributed by atoms with Crippen molar-refractivity contribution in [2.24, 2.45) is 0 Å². The Morgan fingerprint density at radius 2 is 2.12 bits per heavy atom. The van der Waals surface area contributed by atoms with Gasteiger partial charge >= 0.3 is 5.69 Å². The van der Waals surface area contributed by atoms with Crippen LogP contribution in [0.1, 0.15) is 0 Å². The molecule has 0 heterocycles. The van der Waals surface area contributed by atoms with Crippen molar-refractivity contribution < 1.29 is 22.5 Å². The molecule has 0 aliphatic rings. The highest BCUT2D eigenvalue weighted by molar-refractivity contribution is 8.13. The number of rotatable bonds is 5. The predicted molar refractivity (Wildman–Crippen MR) is 58.2 cm³/mol. The average molecular weight is 284 g/mol. The van der Waals surface area contributed by atoms with Crippen LogP contribution in [0.3, 0.4) is 0 Å². The van der Waals surface area contributed by atoms with Crippen LogP contribution in [0, 0.1) is 15.9 Å². The summed E-state index contributed by atoms with van der Waals surface area (Å²) in [7, 11) is 1.19. The van der Waals surface area contributed by atoms with Crippen molar-refractivity contribution in [2.45, 2.75) is 0 Å². The fraction of sp³-hybridized carbons (Fsp3) is 0.250. The van der Waals surface area contributed by atoms with Gasteiger partial charge in [-0.05, 0) is 12.1 Å². The van der Waals surface area contributed by atoms with Crippen molar-refractivity contribution in [3.8, 4) is 5.75 Å². The van der Waals surface area contributed by atoms with E-state index in [1.165, 1.54) is 0 Å². The van der Waals surface area contributed by atoms with Gasteiger partial charge < -0.3 is 4.74 Å². The van der Waals surface area contributed by atoms with E-state index in [2.05, 4.69) is 0 Å². The summed E-state index contributed by atoms with van der Waals surface area (Å²) < 4.78 is 38.8. The monoisotopic (exact) mass is 283 g/mol. The summed E-state index contributed by atoms with van der Waals surface area (Å²) in [6.07, 6.45) is 0. The van der Waals surface area contributed by atoms with E-state index in [0.29, 0.717) is 6.07 Å². The zero-order valence-electron chi connectivity index (χ0n) is 8.30. The van der Waals surface area contributed by atoms with Crippen LogP contribution in [0.25, 0.3) is 0 Å². The largest absolute Gasteiger partial charge is 0.486 e. The van der Waals surface area contributed by atoms with Gasteiger partial charge in [-0.15, -0.1) is 0 Å². The minimum absolute atomic E-state index is 0.211. The molecule has 0 unspecified atom stereocenters. The number of nitro groups is 1. The van der Waals surface area contributed by atoms with Gasteiger partial charge in [0.1, 0.15) is 12.4 Å². The Balaban J connectivity index is 2.81. The Kier molecular flexibility index (Phi) is 4.24. The fourth-order valence-electron chi connectivity index (χ4n) is 1.01. The van der Waals surface area contributed by atoms with Crippen molar-refractivity contribution in [1.29, 1.82) is 0 Å². The maximum atomic E-state index is 12.7. The number of nitro benzene ring substituents is 1. The summed E-state index contributed by atoms with van der Waals surface area (Å²) in [5.41, 5.74) is -0.572. The molecule has 0 spiro atoms. The molecule has 1 rings (SSSR count). The Hall–Kier alpha value is -1.41. The molecule has 1 aromatic rings. The van der Waals surface area contributed by atoms with Crippen LogP contribution in [-0.2, 0) is 9.05 Å². The quantitative estimate of drug-likeness (QED) is 0.466. The molecule has 94 valence electrons. The lowest BCUT2D eigenvalue weighted by molar-refractivity contribution is -0.386. The SMILES string of the molecule is O=[N+]([O-])c1cc(F)ccc1OCCS(=O)(=O)Cl. The van der Waals surface area contributed by atoms with Crippen molar-refractivity contribution in [1.82, 2.24) is 0 Å². The highest BCUT2D eigenvalue weighted by Crippen LogP contribution is 2.27. The highest BCUT2D eigenvalue weighted by Gasteiger charge is 2.17. The molecule has 9 heteroatoms. The third-order valence-electron chi connectivity index (χ3n) is 1.70. The zero-order chi connectivity index (χ0) is 13.1. The van der Waals surface area contributed by atoms with E-state index in [4.69, 9.17) is 15.4 Å². The number of ether oxygens (including phenoxy) is 1. The summed E-state index contributed by atoms with van der Waals surface area (Å²) in [6.45, 7) is -0.349. The van der Waals surface area contributed by atoms with Crippen LogP contribution in [0.2, 0.25) is 0 Å². The molecular formula is C8H7ClFNO5S. The van der Waals surface area contributed by atoms with Gasteiger partial charge in [0.05, 0.1) is 16.7 Å². The third-order valence-corrected chi connectivity index (χ3v) is 2.82. The molecular weight excluding hydrogens is 277 g/mol. The van der Waals surface area contributed by atoms with Gasteiger partial charge in [-0.3, -0.25) is 10.1 Å². The molecule has 17 heavy (non-hydrogen) atoms. The molecule has 0 atom stereocenters. The number of benzene rings is 1. The molecule has 0 saturated heterocycles. The summed E-state index contributed by atoms with van der Waals surface area (Å²) in [5.74, 6) is -1.49. The van der Waals surface area contributed by atoms with E-state index in [-0.39, 0.29) is 12.4 Å². The van der Waals surface area contributed by atoms with Gasteiger partial charge in [0.2, 0.25) is 9.05 Å². The smallest absolute Gasteiger partial charge is 0.313 e. The average Bonchev–Trinajstić information content (AvgIpc) is 2.18. The maximum Gasteiger partial charge on any atom is 0.313 e. The lowest BCUT2D eigenvalue weighted by atomic mass is 10.3. The minimum atomic E-state index is -3.73. The minimum Gasteiger partial charge on any atom is -0.486 e. The fourth-order valence-corrected chi connectivity index (χ4v) is 1.48. The summed E-state index contributed by atoms with van der Waals surface area (Å²) in [5, 5.41) is 10.5. The lowest BCUT2D eigenvalue weighted by Crippen LogP contribution is -2.09. The van der Waals surface area contributed by atoms with Crippen molar-refractivity contribution in [3.05, 3.63) is 34.1 Å². The molecule has 1 aromatic carbocycles. The van der Waals surface area contributed by atoms with Crippen LogP contribution < -0.4 is 4.74 Å². The van der Waals surface area contributed by atoms with Gasteiger partial charge in [-0.2, -0.15) is 0 Å². The molecule has 0 fully saturated rings. The number of hydrogen-bond acceptors (Lipinski definition) is 5. The van der Waals surface area contributed by atoms with Gasteiger partial charge in [0, 0.05) is 10.7 Å². The number of halogens is 2. The third kappa shape index (κ3) is 4.53. The molecule has 0 aliphatic carbocycles. The van der Waals surface area contributed by atoms with Gasteiger partial charge in [0.15, 0.2) is 5.75 Å². The Bertz CT molecular complexity index is 533. The first kappa shape index (κ1) is 13.7. The van der Waals surface area contributed by atoms with E-state index in [9.17, 15) is 22.9 Å². The second-order valence-corrected chi connectivity index (χ2v) is 5.86. The highest BCUT2D eigenvalue weighted by atomic mass is 35.7. The second kappa shape index (κ2) is 5.28. The van der Waals surface area contributed by atoms with E-state index < -0.39 is 31.2 Å². The van der Waals surface area contributed by atoms with E-state index in [1.54, 1.807) is 0 Å². The van der Waals surface area contributed by atoms with Crippen LogP contribution in [0.4, 0.5) is 10.1 Å².